The molecule has 0 spiro atoms. The van der Waals surface area contributed by atoms with Crippen molar-refractivity contribution in [3.63, 3.8) is 0 Å². The smallest absolute Gasteiger partial charge is 0.161 e. The lowest BCUT2D eigenvalue weighted by Gasteiger charge is -2.16. The molecule has 0 amide bonds. The number of hydrogen-bond donors (Lipinski definition) is 1. The third-order valence-corrected chi connectivity index (χ3v) is 4.26. The number of hydrogen-bond acceptors (Lipinski definition) is 3. The molecule has 21 heavy (non-hydrogen) atoms. The highest BCUT2D eigenvalue weighted by atomic mass is 16.1. The Kier molecular flexibility index (Phi) is 3.68. The molecule has 2 aromatic rings. The molecule has 0 aliphatic heterocycles. The summed E-state index contributed by atoms with van der Waals surface area (Å²) in [6, 6.07) is 1.98. The van der Waals surface area contributed by atoms with E-state index in [1.54, 1.807) is 6.92 Å². The van der Waals surface area contributed by atoms with Crippen molar-refractivity contribution in [1.82, 2.24) is 19.7 Å². The van der Waals surface area contributed by atoms with Crippen molar-refractivity contribution in [3.05, 3.63) is 40.5 Å². The molecule has 112 valence electrons. The number of nitrogens with one attached hydrogen (secondary N) is 1. The van der Waals surface area contributed by atoms with Gasteiger partial charge in [0.25, 0.3) is 0 Å². The van der Waals surface area contributed by atoms with Crippen molar-refractivity contribution in [2.24, 2.45) is 7.05 Å². The van der Waals surface area contributed by atoms with Crippen LogP contribution < -0.4 is 0 Å². The van der Waals surface area contributed by atoms with E-state index in [1.807, 2.05) is 23.9 Å². The van der Waals surface area contributed by atoms with Crippen LogP contribution in [0.4, 0.5) is 0 Å². The quantitative estimate of drug-likeness (QED) is 0.856. The second-order valence-electron chi connectivity index (χ2n) is 6.04. The highest BCUT2D eigenvalue weighted by molar-refractivity contribution is 5.94. The lowest BCUT2D eigenvalue weighted by molar-refractivity contribution is 0.101. The first-order valence-electron chi connectivity index (χ1n) is 7.44. The summed E-state index contributed by atoms with van der Waals surface area (Å²) in [5.41, 5.74) is 5.83. The highest BCUT2D eigenvalue weighted by Crippen LogP contribution is 2.23. The molecule has 1 aliphatic carbocycles. The van der Waals surface area contributed by atoms with E-state index in [2.05, 4.69) is 22.1 Å². The lowest BCUT2D eigenvalue weighted by atomic mass is 10.2. The number of ketones is 1. The fourth-order valence-electron chi connectivity index (χ4n) is 3.07. The van der Waals surface area contributed by atoms with E-state index >= 15 is 0 Å². The first kappa shape index (κ1) is 14.1. The number of nitrogens with zero attached hydrogens (tertiary/aromatic N) is 3. The van der Waals surface area contributed by atoms with Crippen molar-refractivity contribution in [2.75, 3.05) is 7.05 Å². The summed E-state index contributed by atoms with van der Waals surface area (Å²) in [4.78, 5) is 13.7. The van der Waals surface area contributed by atoms with Gasteiger partial charge >= 0.3 is 0 Å². The summed E-state index contributed by atoms with van der Waals surface area (Å²) in [6.45, 7) is 3.26. The molecule has 1 N–H and O–H groups in total. The average Bonchev–Trinajstić information content (AvgIpc) is 3.08. The molecule has 2 heterocycles. The summed E-state index contributed by atoms with van der Waals surface area (Å²) in [5, 5.41) is 7.61. The van der Waals surface area contributed by atoms with E-state index in [0.717, 1.165) is 37.2 Å². The second-order valence-corrected chi connectivity index (χ2v) is 6.04. The van der Waals surface area contributed by atoms with Gasteiger partial charge in [-0.15, -0.1) is 0 Å². The first-order valence-corrected chi connectivity index (χ1v) is 7.44. The summed E-state index contributed by atoms with van der Waals surface area (Å²) < 4.78 is 2.03. The minimum atomic E-state index is 0.115. The molecule has 1 aliphatic rings. The van der Waals surface area contributed by atoms with E-state index in [4.69, 9.17) is 0 Å². The summed E-state index contributed by atoms with van der Waals surface area (Å²) in [5.74, 6) is 0.115. The zero-order valence-electron chi connectivity index (χ0n) is 12.9. The standard InChI is InChI=1S/C16H22N4O/c1-11(21)12-7-13(20(3)8-12)9-19(2)10-16-14-5-4-6-15(14)17-18-16/h7-8H,4-6,9-10H2,1-3H3,(H,17,18). The van der Waals surface area contributed by atoms with Gasteiger partial charge in [0.05, 0.1) is 5.69 Å². The summed E-state index contributed by atoms with van der Waals surface area (Å²) in [6.07, 6.45) is 5.41. The molecule has 0 bridgehead atoms. The van der Waals surface area contributed by atoms with Crippen LogP contribution >= 0.6 is 0 Å². The van der Waals surface area contributed by atoms with Crippen molar-refractivity contribution in [2.45, 2.75) is 39.3 Å². The number of aromatic nitrogens is 3. The van der Waals surface area contributed by atoms with Gasteiger partial charge in [0, 0.05) is 43.3 Å². The van der Waals surface area contributed by atoms with Gasteiger partial charge in [0.2, 0.25) is 0 Å². The third kappa shape index (κ3) is 2.78. The molecule has 0 radical (unpaired) electrons. The van der Waals surface area contributed by atoms with Crippen LogP contribution in [-0.2, 0) is 33.0 Å². The zero-order valence-corrected chi connectivity index (χ0v) is 12.9. The molecule has 0 saturated heterocycles. The maximum absolute atomic E-state index is 11.4. The van der Waals surface area contributed by atoms with Crippen LogP contribution in [0.25, 0.3) is 0 Å². The Morgan fingerprint density at radius 2 is 2.24 bits per heavy atom. The van der Waals surface area contributed by atoms with Crippen LogP contribution in [0.2, 0.25) is 0 Å². The molecule has 2 aromatic heterocycles. The van der Waals surface area contributed by atoms with Gasteiger partial charge in [0.15, 0.2) is 5.78 Å². The average molecular weight is 286 g/mol. The van der Waals surface area contributed by atoms with Gasteiger partial charge in [-0.2, -0.15) is 5.10 Å². The third-order valence-electron chi connectivity index (χ3n) is 4.26. The Labute approximate surface area is 125 Å². The number of aromatic amines is 1. The number of Topliss-reactive ketones (excluding diaryl/α,β-unsaturated/α-hetero) is 1. The van der Waals surface area contributed by atoms with Gasteiger partial charge in [-0.05, 0) is 44.9 Å². The van der Waals surface area contributed by atoms with Crippen molar-refractivity contribution in [1.29, 1.82) is 0 Å². The molecule has 0 aromatic carbocycles. The number of aryl methyl sites for hydroxylation is 2. The van der Waals surface area contributed by atoms with Crippen LogP contribution in [0.15, 0.2) is 12.3 Å². The molecular weight excluding hydrogens is 264 g/mol. The maximum Gasteiger partial charge on any atom is 0.161 e. The fourth-order valence-corrected chi connectivity index (χ4v) is 3.07. The van der Waals surface area contributed by atoms with Gasteiger partial charge in [-0.25, -0.2) is 0 Å². The van der Waals surface area contributed by atoms with Crippen LogP contribution in [0.1, 0.15) is 46.3 Å². The van der Waals surface area contributed by atoms with Crippen LogP contribution in [0.3, 0.4) is 0 Å². The van der Waals surface area contributed by atoms with Gasteiger partial charge in [-0.3, -0.25) is 14.8 Å². The summed E-state index contributed by atoms with van der Waals surface area (Å²) in [7, 11) is 4.08. The molecule has 0 unspecified atom stereocenters. The monoisotopic (exact) mass is 286 g/mol. The highest BCUT2D eigenvalue weighted by Gasteiger charge is 2.19. The fraction of sp³-hybridized carbons (Fsp3) is 0.500. The van der Waals surface area contributed by atoms with Crippen molar-refractivity contribution >= 4 is 5.78 Å². The molecule has 0 fully saturated rings. The largest absolute Gasteiger partial charge is 0.353 e. The lowest BCUT2D eigenvalue weighted by Crippen LogP contribution is -2.19. The van der Waals surface area contributed by atoms with E-state index in [0.29, 0.717) is 0 Å². The normalized spacial score (nSPS) is 13.9. The maximum atomic E-state index is 11.4. The second kappa shape index (κ2) is 5.48. The molecule has 3 rings (SSSR count). The number of fused-ring (bicyclic) bond motifs is 1. The van der Waals surface area contributed by atoms with E-state index < -0.39 is 0 Å². The van der Waals surface area contributed by atoms with E-state index in [1.165, 1.54) is 23.4 Å². The van der Waals surface area contributed by atoms with E-state index in [9.17, 15) is 4.79 Å². The number of H-pyrrole nitrogens is 1. The van der Waals surface area contributed by atoms with Gasteiger partial charge < -0.3 is 4.57 Å². The number of carbonyl (C=O) groups excluding carboxylic acids is 1. The zero-order chi connectivity index (χ0) is 15.0. The minimum absolute atomic E-state index is 0.115. The Hall–Kier alpha value is -1.88. The number of carbonyl (C=O) groups is 1. The number of rotatable bonds is 5. The molecular formula is C16H22N4O. The predicted molar refractivity (Wildman–Crippen MR) is 81.2 cm³/mol. The molecule has 5 nitrogen and oxygen atoms in total. The molecule has 0 saturated carbocycles. The van der Waals surface area contributed by atoms with E-state index in [-0.39, 0.29) is 5.78 Å². The SMILES string of the molecule is CC(=O)c1cc(CN(C)Cc2n[nH]c3c2CCC3)n(C)c1. The summed E-state index contributed by atoms with van der Waals surface area (Å²) >= 11 is 0. The Morgan fingerprint density at radius 1 is 1.43 bits per heavy atom. The minimum Gasteiger partial charge on any atom is -0.353 e. The molecule has 5 heteroatoms. The Balaban J connectivity index is 1.69. The first-order chi connectivity index (χ1) is 10.0. The van der Waals surface area contributed by atoms with Crippen molar-refractivity contribution < 1.29 is 4.79 Å². The predicted octanol–water partition coefficient (Wildman–Crippen LogP) is 2.07. The van der Waals surface area contributed by atoms with Crippen LogP contribution in [0, 0.1) is 0 Å². The Morgan fingerprint density at radius 3 is 2.95 bits per heavy atom. The van der Waals surface area contributed by atoms with Gasteiger partial charge in [0.1, 0.15) is 0 Å². The Bertz CT molecular complexity index is 668. The van der Waals surface area contributed by atoms with Crippen LogP contribution in [-0.4, -0.2) is 32.5 Å². The molecule has 0 atom stereocenters. The van der Waals surface area contributed by atoms with Gasteiger partial charge in [-0.1, -0.05) is 0 Å². The van der Waals surface area contributed by atoms with Crippen molar-refractivity contribution in [3.8, 4) is 0 Å². The topological polar surface area (TPSA) is 53.9 Å². The van der Waals surface area contributed by atoms with Crippen LogP contribution in [0.5, 0.6) is 0 Å².